The van der Waals surface area contributed by atoms with Gasteiger partial charge in [0.05, 0.1) is 0 Å². The largest absolute Gasteiger partial charge is 0.151 e. The van der Waals surface area contributed by atoms with Crippen molar-refractivity contribution in [1.29, 1.82) is 0 Å². The van der Waals surface area contributed by atoms with Gasteiger partial charge in [0.25, 0.3) is 0 Å². The van der Waals surface area contributed by atoms with Crippen molar-refractivity contribution in [2.24, 2.45) is 0 Å². The van der Waals surface area contributed by atoms with E-state index in [9.17, 15) is 0 Å². The molecular weight excluding hydrogens is 328 g/mol. The van der Waals surface area contributed by atoms with Gasteiger partial charge in [-0.05, 0) is 54.5 Å². The maximum atomic E-state index is 3.68. The van der Waals surface area contributed by atoms with E-state index < -0.39 is 0 Å². The van der Waals surface area contributed by atoms with Gasteiger partial charge in [0, 0.05) is 15.4 Å². The van der Waals surface area contributed by atoms with Crippen molar-refractivity contribution in [2.75, 3.05) is 0 Å². The molecule has 2 heteroatoms. The Morgan fingerprint density at radius 3 is 1.90 bits per heavy atom. The molecule has 0 aliphatic carbocycles. The molecule has 1 aromatic heterocycles. The maximum absolute atomic E-state index is 3.68. The van der Waals surface area contributed by atoms with Gasteiger partial charge >= 0.3 is 0 Å². The monoisotopic (exact) mass is 338 g/mol. The molecule has 20 heavy (non-hydrogen) atoms. The van der Waals surface area contributed by atoms with Crippen LogP contribution in [0.15, 0.2) is 69.8 Å². The maximum Gasteiger partial charge on any atom is 0.0361 e. The van der Waals surface area contributed by atoms with Crippen LogP contribution in [0.2, 0.25) is 0 Å². The number of thiophene rings is 1. The summed E-state index contributed by atoms with van der Waals surface area (Å²) < 4.78 is 1.17. The number of fused-ring (bicyclic) bond motifs is 2. The third-order valence-corrected chi connectivity index (χ3v) is 5.36. The highest BCUT2D eigenvalue weighted by atomic mass is 79.9. The van der Waals surface area contributed by atoms with Crippen LogP contribution in [0, 0.1) is 0 Å². The summed E-state index contributed by atoms with van der Waals surface area (Å²) in [6, 6.07) is 19.5. The van der Waals surface area contributed by atoms with Gasteiger partial charge in [0.15, 0.2) is 0 Å². The van der Waals surface area contributed by atoms with Crippen LogP contribution in [0.1, 0.15) is 0 Å². The molecule has 4 aromatic rings. The van der Waals surface area contributed by atoms with Crippen LogP contribution in [0.5, 0.6) is 0 Å². The van der Waals surface area contributed by atoms with E-state index in [2.05, 4.69) is 81.3 Å². The van der Waals surface area contributed by atoms with E-state index in [-0.39, 0.29) is 0 Å². The van der Waals surface area contributed by atoms with Crippen molar-refractivity contribution in [1.82, 2.24) is 0 Å². The Kier molecular flexibility index (Phi) is 2.86. The molecule has 0 aliphatic heterocycles. The molecule has 0 saturated carbocycles. The van der Waals surface area contributed by atoms with Crippen LogP contribution in [-0.4, -0.2) is 0 Å². The predicted octanol–water partition coefficient (Wildman–Crippen LogP) is 6.48. The van der Waals surface area contributed by atoms with E-state index >= 15 is 0 Å². The molecular formula is C18H11BrS. The molecule has 4 rings (SSSR count). The van der Waals surface area contributed by atoms with Crippen LogP contribution in [-0.2, 0) is 0 Å². The summed E-state index contributed by atoms with van der Waals surface area (Å²) in [4.78, 5) is 0. The highest BCUT2D eigenvalue weighted by molar-refractivity contribution is 9.10. The number of rotatable bonds is 1. The Hall–Kier alpha value is -1.64. The Bertz CT molecular complexity index is 867. The molecule has 0 fully saturated rings. The molecule has 3 aromatic carbocycles. The molecule has 0 bridgehead atoms. The lowest BCUT2D eigenvalue weighted by Gasteiger charge is -2.11. The third-order valence-electron chi connectivity index (χ3n) is 3.66. The Morgan fingerprint density at radius 2 is 1.35 bits per heavy atom. The molecule has 96 valence electrons. The Balaban J connectivity index is 2.26. The average molecular weight is 339 g/mol. The van der Waals surface area contributed by atoms with Gasteiger partial charge in [-0.1, -0.05) is 48.5 Å². The van der Waals surface area contributed by atoms with E-state index in [0.717, 1.165) is 0 Å². The second-order valence-corrected chi connectivity index (χ2v) is 6.43. The molecule has 0 radical (unpaired) electrons. The van der Waals surface area contributed by atoms with Crippen LogP contribution in [0.4, 0.5) is 0 Å². The summed E-state index contributed by atoms with van der Waals surface area (Å²) in [5.74, 6) is 0. The molecule has 0 saturated heterocycles. The summed E-state index contributed by atoms with van der Waals surface area (Å²) >= 11 is 5.42. The van der Waals surface area contributed by atoms with Gasteiger partial charge < -0.3 is 0 Å². The standard InChI is InChI=1S/C18H11BrS/c19-17-11-20-10-16(17)18-14-7-3-1-5-12(14)9-13-6-2-4-8-15(13)18/h1-11H. The zero-order chi connectivity index (χ0) is 13.5. The number of hydrogen-bond acceptors (Lipinski definition) is 1. The smallest absolute Gasteiger partial charge is 0.0361 e. The molecule has 0 atom stereocenters. The van der Waals surface area contributed by atoms with Gasteiger partial charge in [-0.2, -0.15) is 11.3 Å². The van der Waals surface area contributed by atoms with E-state index in [1.165, 1.54) is 37.1 Å². The van der Waals surface area contributed by atoms with Crippen molar-refractivity contribution < 1.29 is 0 Å². The summed E-state index contributed by atoms with van der Waals surface area (Å²) in [7, 11) is 0. The Morgan fingerprint density at radius 1 is 0.750 bits per heavy atom. The molecule has 0 amide bonds. The molecule has 0 N–H and O–H groups in total. The van der Waals surface area contributed by atoms with E-state index in [1.807, 2.05) is 0 Å². The second-order valence-electron chi connectivity index (χ2n) is 4.83. The molecule has 0 unspecified atom stereocenters. The molecule has 1 heterocycles. The van der Waals surface area contributed by atoms with Crippen molar-refractivity contribution >= 4 is 48.8 Å². The van der Waals surface area contributed by atoms with Crippen LogP contribution >= 0.6 is 27.3 Å². The lowest BCUT2D eigenvalue weighted by molar-refractivity contribution is 1.73. The lowest BCUT2D eigenvalue weighted by atomic mass is 9.93. The number of halogens is 1. The normalized spacial score (nSPS) is 11.2. The van der Waals surface area contributed by atoms with Gasteiger partial charge in [0.2, 0.25) is 0 Å². The van der Waals surface area contributed by atoms with E-state index in [0.29, 0.717) is 0 Å². The Labute approximate surface area is 129 Å². The minimum Gasteiger partial charge on any atom is -0.151 e. The number of benzene rings is 3. The van der Waals surface area contributed by atoms with E-state index in [1.54, 1.807) is 11.3 Å². The quantitative estimate of drug-likeness (QED) is 0.348. The van der Waals surface area contributed by atoms with E-state index in [4.69, 9.17) is 0 Å². The molecule has 0 nitrogen and oxygen atoms in total. The van der Waals surface area contributed by atoms with Crippen molar-refractivity contribution in [2.45, 2.75) is 0 Å². The first-order valence-electron chi connectivity index (χ1n) is 6.47. The minimum atomic E-state index is 1.17. The van der Waals surface area contributed by atoms with Gasteiger partial charge in [0.1, 0.15) is 0 Å². The zero-order valence-corrected chi connectivity index (χ0v) is 13.0. The van der Waals surface area contributed by atoms with Crippen molar-refractivity contribution in [3.63, 3.8) is 0 Å². The zero-order valence-electron chi connectivity index (χ0n) is 10.6. The van der Waals surface area contributed by atoms with Gasteiger partial charge in [-0.15, -0.1) is 0 Å². The molecule has 0 aliphatic rings. The fourth-order valence-corrected chi connectivity index (χ4v) is 4.25. The first-order chi connectivity index (χ1) is 9.84. The van der Waals surface area contributed by atoms with Crippen LogP contribution in [0.25, 0.3) is 32.7 Å². The SMILES string of the molecule is Brc1cscc1-c1c2ccccc2cc2ccccc12. The summed E-state index contributed by atoms with van der Waals surface area (Å²) in [5, 5.41) is 9.57. The average Bonchev–Trinajstić information content (AvgIpc) is 2.90. The lowest BCUT2D eigenvalue weighted by Crippen LogP contribution is -1.84. The highest BCUT2D eigenvalue weighted by Gasteiger charge is 2.12. The topological polar surface area (TPSA) is 0 Å². The fraction of sp³-hybridized carbons (Fsp3) is 0. The summed E-state index contributed by atoms with van der Waals surface area (Å²) in [5.41, 5.74) is 2.61. The van der Waals surface area contributed by atoms with Gasteiger partial charge in [-0.25, -0.2) is 0 Å². The molecule has 0 spiro atoms. The fourth-order valence-electron chi connectivity index (χ4n) is 2.76. The highest BCUT2D eigenvalue weighted by Crippen LogP contribution is 2.40. The third kappa shape index (κ3) is 1.80. The van der Waals surface area contributed by atoms with Crippen LogP contribution < -0.4 is 0 Å². The summed E-state index contributed by atoms with van der Waals surface area (Å²) in [6.07, 6.45) is 0. The first kappa shape index (κ1) is 12.1. The van der Waals surface area contributed by atoms with Crippen molar-refractivity contribution in [3.8, 4) is 11.1 Å². The van der Waals surface area contributed by atoms with Crippen molar-refractivity contribution in [3.05, 3.63) is 69.8 Å². The predicted molar refractivity (Wildman–Crippen MR) is 92.5 cm³/mol. The first-order valence-corrected chi connectivity index (χ1v) is 8.21. The number of hydrogen-bond donors (Lipinski definition) is 0. The second kappa shape index (κ2) is 4.72. The summed E-state index contributed by atoms with van der Waals surface area (Å²) in [6.45, 7) is 0. The van der Waals surface area contributed by atoms with Crippen LogP contribution in [0.3, 0.4) is 0 Å². The minimum absolute atomic E-state index is 1.17. The van der Waals surface area contributed by atoms with Gasteiger partial charge in [-0.3, -0.25) is 0 Å².